The van der Waals surface area contributed by atoms with Gasteiger partial charge in [0, 0.05) is 17.3 Å². The zero-order chi connectivity index (χ0) is 12.4. The Hall–Kier alpha value is -2.00. The summed E-state index contributed by atoms with van der Waals surface area (Å²) < 4.78 is 1.22. The van der Waals surface area contributed by atoms with E-state index in [9.17, 15) is 4.79 Å². The Bertz CT molecular complexity index is 688. The fourth-order valence-electron chi connectivity index (χ4n) is 1.96. The van der Waals surface area contributed by atoms with Gasteiger partial charge in [0.05, 0.1) is 0 Å². The Labute approximate surface area is 109 Å². The first-order chi connectivity index (χ1) is 8.84. The van der Waals surface area contributed by atoms with Crippen LogP contribution in [0.25, 0.3) is 10.1 Å². The van der Waals surface area contributed by atoms with Crippen LogP contribution < -0.4 is 0 Å². The van der Waals surface area contributed by atoms with E-state index in [0.717, 1.165) is 5.56 Å². The van der Waals surface area contributed by atoms with Crippen molar-refractivity contribution in [2.75, 3.05) is 0 Å². The second-order valence-corrected chi connectivity index (χ2v) is 4.98. The van der Waals surface area contributed by atoms with Crippen LogP contribution in [0.5, 0.6) is 0 Å². The van der Waals surface area contributed by atoms with Crippen LogP contribution in [0.2, 0.25) is 0 Å². The maximum atomic E-state index is 12.1. The third-order valence-corrected chi connectivity index (χ3v) is 3.88. The van der Waals surface area contributed by atoms with Gasteiger partial charge in [-0.05, 0) is 34.5 Å². The molecule has 0 aliphatic rings. The maximum absolute atomic E-state index is 12.1. The van der Waals surface area contributed by atoms with Crippen molar-refractivity contribution in [3.8, 4) is 0 Å². The number of nitrogens with zero attached hydrogens (tertiary/aromatic N) is 1. The van der Waals surface area contributed by atoms with Gasteiger partial charge in [0.2, 0.25) is 0 Å². The van der Waals surface area contributed by atoms with Crippen LogP contribution >= 0.6 is 11.3 Å². The first-order valence-electron chi connectivity index (χ1n) is 5.74. The number of rotatable bonds is 3. The molecular weight excluding hydrogens is 242 g/mol. The molecule has 18 heavy (non-hydrogen) atoms. The summed E-state index contributed by atoms with van der Waals surface area (Å²) in [7, 11) is 0. The van der Waals surface area contributed by atoms with Crippen LogP contribution in [0.3, 0.4) is 0 Å². The van der Waals surface area contributed by atoms with Crippen molar-refractivity contribution in [3.63, 3.8) is 0 Å². The Morgan fingerprint density at radius 3 is 2.78 bits per heavy atom. The molecule has 2 aromatic heterocycles. The first kappa shape index (κ1) is 11.1. The van der Waals surface area contributed by atoms with Gasteiger partial charge >= 0.3 is 0 Å². The molecule has 3 rings (SSSR count). The second-order valence-electron chi connectivity index (χ2n) is 4.07. The molecule has 0 bridgehead atoms. The summed E-state index contributed by atoms with van der Waals surface area (Å²) >= 11 is 1.68. The van der Waals surface area contributed by atoms with Gasteiger partial charge in [-0.25, -0.2) is 0 Å². The molecule has 0 atom stereocenters. The molecule has 3 aromatic rings. The number of thiophene rings is 1. The molecule has 0 fully saturated rings. The lowest BCUT2D eigenvalue weighted by Crippen LogP contribution is -2.04. The summed E-state index contributed by atoms with van der Waals surface area (Å²) in [4.78, 5) is 16.2. The Morgan fingerprint density at radius 1 is 1.11 bits per heavy atom. The van der Waals surface area contributed by atoms with Crippen molar-refractivity contribution in [3.05, 3.63) is 65.3 Å². The number of carbonyl (C=O) groups is 1. The fourth-order valence-corrected chi connectivity index (χ4v) is 2.92. The van der Waals surface area contributed by atoms with Crippen LogP contribution in [-0.4, -0.2) is 10.8 Å². The average molecular weight is 253 g/mol. The van der Waals surface area contributed by atoms with Crippen LogP contribution in [-0.2, 0) is 6.42 Å². The SMILES string of the molecule is O=C(Cc1csc2ccccc12)c1ccccn1. The summed E-state index contributed by atoms with van der Waals surface area (Å²) in [5.41, 5.74) is 1.62. The molecule has 0 aliphatic heterocycles. The maximum Gasteiger partial charge on any atom is 0.185 e. The largest absolute Gasteiger partial charge is 0.292 e. The highest BCUT2D eigenvalue weighted by Crippen LogP contribution is 2.26. The zero-order valence-electron chi connectivity index (χ0n) is 9.67. The summed E-state index contributed by atoms with van der Waals surface area (Å²) in [6.45, 7) is 0. The summed E-state index contributed by atoms with van der Waals surface area (Å²) in [5.74, 6) is 0.0687. The van der Waals surface area contributed by atoms with Crippen molar-refractivity contribution in [2.24, 2.45) is 0 Å². The molecule has 0 N–H and O–H groups in total. The molecule has 0 amide bonds. The summed E-state index contributed by atoms with van der Waals surface area (Å²) in [6, 6.07) is 13.6. The number of hydrogen-bond donors (Lipinski definition) is 0. The molecule has 0 radical (unpaired) electrons. The van der Waals surface area contributed by atoms with Crippen molar-refractivity contribution in [1.82, 2.24) is 4.98 Å². The van der Waals surface area contributed by atoms with Gasteiger partial charge in [0.25, 0.3) is 0 Å². The number of carbonyl (C=O) groups excluding carboxylic acids is 1. The minimum Gasteiger partial charge on any atom is -0.292 e. The molecule has 0 saturated heterocycles. The van der Waals surface area contributed by atoms with E-state index >= 15 is 0 Å². The van der Waals surface area contributed by atoms with E-state index in [1.807, 2.05) is 24.3 Å². The van der Waals surface area contributed by atoms with Gasteiger partial charge in [-0.3, -0.25) is 9.78 Å². The van der Waals surface area contributed by atoms with Crippen molar-refractivity contribution in [2.45, 2.75) is 6.42 Å². The normalized spacial score (nSPS) is 10.7. The van der Waals surface area contributed by atoms with Gasteiger partial charge in [0.1, 0.15) is 5.69 Å². The fraction of sp³-hybridized carbons (Fsp3) is 0.0667. The van der Waals surface area contributed by atoms with Crippen LogP contribution in [0.15, 0.2) is 54.0 Å². The molecule has 1 aromatic carbocycles. The number of pyridine rings is 1. The number of ketones is 1. The number of benzene rings is 1. The van der Waals surface area contributed by atoms with E-state index in [1.165, 1.54) is 10.1 Å². The highest BCUT2D eigenvalue weighted by Gasteiger charge is 2.11. The Balaban J connectivity index is 1.91. The van der Waals surface area contributed by atoms with Crippen molar-refractivity contribution in [1.29, 1.82) is 0 Å². The lowest BCUT2D eigenvalue weighted by molar-refractivity contribution is 0.0988. The highest BCUT2D eigenvalue weighted by molar-refractivity contribution is 7.17. The molecule has 0 saturated carbocycles. The Morgan fingerprint density at radius 2 is 1.94 bits per heavy atom. The lowest BCUT2D eigenvalue weighted by atomic mass is 10.1. The number of hydrogen-bond acceptors (Lipinski definition) is 3. The van der Waals surface area contributed by atoms with E-state index in [-0.39, 0.29) is 5.78 Å². The third-order valence-electron chi connectivity index (χ3n) is 2.86. The molecule has 2 nitrogen and oxygen atoms in total. The van der Waals surface area contributed by atoms with Gasteiger partial charge < -0.3 is 0 Å². The average Bonchev–Trinajstić information content (AvgIpc) is 2.83. The van der Waals surface area contributed by atoms with E-state index in [0.29, 0.717) is 12.1 Å². The molecule has 0 spiro atoms. The standard InChI is InChI=1S/C15H11NOS/c17-14(13-6-3-4-8-16-13)9-11-10-18-15-7-2-1-5-12(11)15/h1-8,10H,9H2. The minimum atomic E-state index is 0.0687. The van der Waals surface area contributed by atoms with E-state index < -0.39 is 0 Å². The summed E-state index contributed by atoms with van der Waals surface area (Å²) in [5, 5.41) is 3.23. The molecule has 88 valence electrons. The third kappa shape index (κ3) is 2.05. The smallest absolute Gasteiger partial charge is 0.185 e. The highest BCUT2D eigenvalue weighted by atomic mass is 32.1. The van der Waals surface area contributed by atoms with Crippen molar-refractivity contribution >= 4 is 27.2 Å². The monoisotopic (exact) mass is 253 g/mol. The van der Waals surface area contributed by atoms with Gasteiger partial charge in [-0.1, -0.05) is 24.3 Å². The lowest BCUT2D eigenvalue weighted by Gasteiger charge is -1.99. The predicted molar refractivity (Wildman–Crippen MR) is 74.1 cm³/mol. The number of aromatic nitrogens is 1. The van der Waals surface area contributed by atoms with Crippen molar-refractivity contribution < 1.29 is 4.79 Å². The zero-order valence-corrected chi connectivity index (χ0v) is 10.5. The van der Waals surface area contributed by atoms with E-state index in [1.54, 1.807) is 23.6 Å². The quantitative estimate of drug-likeness (QED) is 0.666. The first-order valence-corrected chi connectivity index (χ1v) is 6.62. The van der Waals surface area contributed by atoms with E-state index in [4.69, 9.17) is 0 Å². The van der Waals surface area contributed by atoms with E-state index in [2.05, 4.69) is 22.5 Å². The summed E-state index contributed by atoms with van der Waals surface area (Å²) in [6.07, 6.45) is 2.07. The van der Waals surface area contributed by atoms with Gasteiger partial charge in [0.15, 0.2) is 5.78 Å². The predicted octanol–water partition coefficient (Wildman–Crippen LogP) is 3.72. The second kappa shape index (κ2) is 4.70. The molecule has 0 aliphatic carbocycles. The number of fused-ring (bicyclic) bond motifs is 1. The molecule has 0 unspecified atom stereocenters. The van der Waals surface area contributed by atoms with Crippen LogP contribution in [0, 0.1) is 0 Å². The topological polar surface area (TPSA) is 30.0 Å². The van der Waals surface area contributed by atoms with Crippen LogP contribution in [0.4, 0.5) is 0 Å². The minimum absolute atomic E-state index is 0.0687. The van der Waals surface area contributed by atoms with Gasteiger partial charge in [-0.15, -0.1) is 11.3 Å². The Kier molecular flexibility index (Phi) is 2.90. The van der Waals surface area contributed by atoms with Crippen LogP contribution in [0.1, 0.15) is 16.1 Å². The molecule has 2 heterocycles. The van der Waals surface area contributed by atoms with Gasteiger partial charge in [-0.2, -0.15) is 0 Å². The molecule has 3 heteroatoms. The molecular formula is C15H11NOS. The number of Topliss-reactive ketones (excluding diaryl/α,β-unsaturated/α-hetero) is 1.